The molecule has 1 aromatic heterocycles. The second-order valence-electron chi connectivity index (χ2n) is 5.67. The number of aliphatic hydroxyl groups is 1. The molecule has 1 saturated heterocycles. The van der Waals surface area contributed by atoms with E-state index in [0.29, 0.717) is 6.04 Å². The molecular weight excluding hydrogens is 264 g/mol. The lowest BCUT2D eigenvalue weighted by Gasteiger charge is -2.39. The molecule has 0 amide bonds. The number of fused-ring (bicyclic) bond motifs is 1. The lowest BCUT2D eigenvalue weighted by atomic mass is 10.1. The minimum Gasteiger partial charge on any atom is -0.390 e. The highest BCUT2D eigenvalue weighted by Crippen LogP contribution is 2.30. The molecule has 2 atom stereocenters. The maximum absolute atomic E-state index is 9.49. The van der Waals surface area contributed by atoms with Gasteiger partial charge in [0, 0.05) is 11.9 Å². The van der Waals surface area contributed by atoms with Gasteiger partial charge in [-0.15, -0.1) is 0 Å². The van der Waals surface area contributed by atoms with Gasteiger partial charge in [0.25, 0.3) is 0 Å². The molecule has 2 aromatic rings. The molecule has 4 nitrogen and oxygen atoms in total. The minimum absolute atomic E-state index is 0.0332. The number of hydrogen-bond acceptors (Lipinski definition) is 4. The van der Waals surface area contributed by atoms with Crippen molar-refractivity contribution in [2.45, 2.75) is 39.0 Å². The van der Waals surface area contributed by atoms with Crippen LogP contribution in [0.4, 0.5) is 5.82 Å². The van der Waals surface area contributed by atoms with Gasteiger partial charge in [-0.1, -0.05) is 31.2 Å². The van der Waals surface area contributed by atoms with Gasteiger partial charge in [-0.2, -0.15) is 0 Å². The maximum atomic E-state index is 9.49. The quantitative estimate of drug-likeness (QED) is 0.942. The van der Waals surface area contributed by atoms with Crippen molar-refractivity contribution in [3.8, 4) is 0 Å². The van der Waals surface area contributed by atoms with Crippen LogP contribution in [0.2, 0.25) is 0 Å². The van der Waals surface area contributed by atoms with Gasteiger partial charge in [-0.25, -0.2) is 4.98 Å². The molecule has 4 heteroatoms. The minimum atomic E-state index is -0.0332. The van der Waals surface area contributed by atoms with Crippen molar-refractivity contribution in [2.24, 2.45) is 0 Å². The van der Waals surface area contributed by atoms with Crippen LogP contribution in [0.1, 0.15) is 26.0 Å². The first-order chi connectivity index (χ1) is 10.2. The van der Waals surface area contributed by atoms with Gasteiger partial charge in [0.05, 0.1) is 31.1 Å². The van der Waals surface area contributed by atoms with Crippen LogP contribution in [0, 0.1) is 0 Å². The topological polar surface area (TPSA) is 45.6 Å². The highest BCUT2D eigenvalue weighted by Gasteiger charge is 2.28. The first kappa shape index (κ1) is 14.3. The van der Waals surface area contributed by atoms with Crippen LogP contribution in [0.25, 0.3) is 10.8 Å². The van der Waals surface area contributed by atoms with E-state index >= 15 is 0 Å². The molecule has 0 spiro atoms. The van der Waals surface area contributed by atoms with Crippen molar-refractivity contribution < 1.29 is 9.84 Å². The molecule has 1 N–H and O–H groups in total. The van der Waals surface area contributed by atoms with Gasteiger partial charge in [-0.3, -0.25) is 0 Å². The molecule has 1 aromatic carbocycles. The number of hydrogen-bond donors (Lipinski definition) is 1. The first-order valence-corrected chi connectivity index (χ1v) is 7.60. The summed E-state index contributed by atoms with van der Waals surface area (Å²) >= 11 is 0. The Morgan fingerprint density at radius 2 is 2.19 bits per heavy atom. The summed E-state index contributed by atoms with van der Waals surface area (Å²) < 4.78 is 5.78. The lowest BCUT2D eigenvalue weighted by molar-refractivity contribution is 0.0297. The molecular formula is C17H22N2O2. The largest absolute Gasteiger partial charge is 0.390 e. The van der Waals surface area contributed by atoms with E-state index in [9.17, 15) is 5.11 Å². The number of morpholine rings is 1. The second kappa shape index (κ2) is 6.00. The molecule has 0 bridgehead atoms. The van der Waals surface area contributed by atoms with E-state index in [-0.39, 0.29) is 12.7 Å². The number of ether oxygens (including phenoxy) is 1. The van der Waals surface area contributed by atoms with Crippen LogP contribution in [0.15, 0.2) is 30.3 Å². The fraction of sp³-hybridized carbons (Fsp3) is 0.471. The standard InChI is InChI=1S/C17H22N2O2/c1-3-15-11-21-12(2)9-19(15)17-16-7-5-4-6-13(16)8-14(10-20)18-17/h4-8,12,15,20H,3,9-11H2,1-2H3. The Balaban J connectivity index is 2.12. The fourth-order valence-electron chi connectivity index (χ4n) is 2.98. The first-order valence-electron chi connectivity index (χ1n) is 7.60. The molecule has 1 aliphatic rings. The van der Waals surface area contributed by atoms with Gasteiger partial charge in [0.1, 0.15) is 5.82 Å². The molecule has 3 rings (SSSR count). The third-order valence-electron chi connectivity index (χ3n) is 4.15. The molecule has 2 unspecified atom stereocenters. The predicted molar refractivity (Wildman–Crippen MR) is 84.5 cm³/mol. The zero-order valence-corrected chi connectivity index (χ0v) is 12.6. The lowest BCUT2D eigenvalue weighted by Crippen LogP contribution is -2.49. The van der Waals surface area contributed by atoms with Crippen LogP contribution in [-0.2, 0) is 11.3 Å². The van der Waals surface area contributed by atoms with Gasteiger partial charge in [0.15, 0.2) is 0 Å². The average molecular weight is 286 g/mol. The predicted octanol–water partition coefficient (Wildman–Crippen LogP) is 2.73. The van der Waals surface area contributed by atoms with Crippen molar-refractivity contribution in [1.29, 1.82) is 0 Å². The highest BCUT2D eigenvalue weighted by molar-refractivity contribution is 5.92. The number of aromatic nitrogens is 1. The van der Waals surface area contributed by atoms with E-state index in [4.69, 9.17) is 9.72 Å². The molecule has 1 aliphatic heterocycles. The summed E-state index contributed by atoms with van der Waals surface area (Å²) in [5, 5.41) is 11.8. The normalized spacial score (nSPS) is 22.7. The van der Waals surface area contributed by atoms with Crippen molar-refractivity contribution in [1.82, 2.24) is 4.98 Å². The summed E-state index contributed by atoms with van der Waals surface area (Å²) in [6.07, 6.45) is 1.22. The Kier molecular flexibility index (Phi) is 4.08. The number of rotatable bonds is 3. The van der Waals surface area contributed by atoms with Gasteiger partial charge >= 0.3 is 0 Å². The summed E-state index contributed by atoms with van der Waals surface area (Å²) in [4.78, 5) is 7.04. The van der Waals surface area contributed by atoms with Gasteiger partial charge in [-0.05, 0) is 24.8 Å². The van der Waals surface area contributed by atoms with E-state index in [2.05, 4.69) is 30.9 Å². The molecule has 21 heavy (non-hydrogen) atoms. The highest BCUT2D eigenvalue weighted by atomic mass is 16.5. The molecule has 0 radical (unpaired) electrons. The molecule has 112 valence electrons. The van der Waals surface area contributed by atoms with Crippen molar-refractivity contribution in [3.05, 3.63) is 36.0 Å². The summed E-state index contributed by atoms with van der Waals surface area (Å²) in [7, 11) is 0. The van der Waals surface area contributed by atoms with E-state index in [1.54, 1.807) is 0 Å². The zero-order valence-electron chi connectivity index (χ0n) is 12.6. The van der Waals surface area contributed by atoms with Crippen LogP contribution < -0.4 is 4.90 Å². The number of pyridine rings is 1. The number of anilines is 1. The number of nitrogens with zero attached hydrogens (tertiary/aromatic N) is 2. The molecule has 2 heterocycles. The van der Waals surface area contributed by atoms with Crippen molar-refractivity contribution in [2.75, 3.05) is 18.1 Å². The fourth-order valence-corrected chi connectivity index (χ4v) is 2.98. The van der Waals surface area contributed by atoms with E-state index in [0.717, 1.165) is 41.9 Å². The van der Waals surface area contributed by atoms with Gasteiger partial charge in [0.2, 0.25) is 0 Å². The Morgan fingerprint density at radius 3 is 2.95 bits per heavy atom. The number of benzene rings is 1. The Morgan fingerprint density at radius 1 is 1.38 bits per heavy atom. The Hall–Kier alpha value is -1.65. The van der Waals surface area contributed by atoms with Crippen LogP contribution in [-0.4, -0.2) is 35.4 Å². The van der Waals surface area contributed by atoms with Crippen LogP contribution in [0.5, 0.6) is 0 Å². The van der Waals surface area contributed by atoms with Crippen molar-refractivity contribution >= 4 is 16.6 Å². The Labute approximate surface area is 125 Å². The third kappa shape index (κ3) is 2.74. The second-order valence-corrected chi connectivity index (χ2v) is 5.67. The van der Waals surface area contributed by atoms with Crippen LogP contribution in [0.3, 0.4) is 0 Å². The monoisotopic (exact) mass is 286 g/mol. The summed E-state index contributed by atoms with van der Waals surface area (Å²) in [6, 6.07) is 10.5. The Bertz CT molecular complexity index is 629. The summed E-state index contributed by atoms with van der Waals surface area (Å²) in [6.45, 7) is 5.81. The maximum Gasteiger partial charge on any atom is 0.137 e. The zero-order chi connectivity index (χ0) is 14.8. The molecule has 0 saturated carbocycles. The molecule has 1 fully saturated rings. The summed E-state index contributed by atoms with van der Waals surface area (Å²) in [5.74, 6) is 0.971. The smallest absolute Gasteiger partial charge is 0.137 e. The number of aliphatic hydroxyl groups excluding tert-OH is 1. The average Bonchev–Trinajstić information content (AvgIpc) is 2.53. The van der Waals surface area contributed by atoms with E-state index in [1.165, 1.54) is 0 Å². The van der Waals surface area contributed by atoms with Gasteiger partial charge < -0.3 is 14.7 Å². The summed E-state index contributed by atoms with van der Waals surface area (Å²) in [5.41, 5.74) is 0.720. The SMILES string of the molecule is CCC1COC(C)CN1c1nc(CO)cc2ccccc12. The van der Waals surface area contributed by atoms with Crippen molar-refractivity contribution in [3.63, 3.8) is 0 Å². The van der Waals surface area contributed by atoms with Crippen LogP contribution >= 0.6 is 0 Å². The van der Waals surface area contributed by atoms with E-state index in [1.807, 2.05) is 18.2 Å². The van der Waals surface area contributed by atoms with E-state index < -0.39 is 0 Å². The molecule has 0 aliphatic carbocycles. The third-order valence-corrected chi connectivity index (χ3v) is 4.15.